The molecule has 1 saturated carbocycles. The minimum Gasteiger partial charge on any atom is -0.350 e. The van der Waals surface area contributed by atoms with Crippen molar-refractivity contribution in [3.05, 3.63) is 36.4 Å². The Balaban J connectivity index is 1.16. The molecule has 1 aliphatic heterocycles. The Hall–Kier alpha value is -3.21. The van der Waals surface area contributed by atoms with Gasteiger partial charge in [0.15, 0.2) is 5.65 Å². The lowest BCUT2D eigenvalue weighted by molar-refractivity contribution is 0.0454. The summed E-state index contributed by atoms with van der Waals surface area (Å²) in [6, 6.07) is 5.88. The molecule has 190 valence electrons. The predicted molar refractivity (Wildman–Crippen MR) is 131 cm³/mol. The zero-order valence-corrected chi connectivity index (χ0v) is 20.1. The van der Waals surface area contributed by atoms with E-state index < -0.39 is 19.1 Å². The first-order chi connectivity index (χ1) is 17.4. The average Bonchev–Trinajstić information content (AvgIpc) is 3.39. The molecule has 5 heterocycles. The van der Waals surface area contributed by atoms with Crippen LogP contribution in [0.2, 0.25) is 0 Å². The number of rotatable bonds is 7. The van der Waals surface area contributed by atoms with Crippen molar-refractivity contribution in [2.24, 2.45) is 5.92 Å². The van der Waals surface area contributed by atoms with Gasteiger partial charge in [-0.25, -0.2) is 32.6 Å². The van der Waals surface area contributed by atoms with Gasteiger partial charge in [0, 0.05) is 37.4 Å². The molecule has 0 spiro atoms. The van der Waals surface area contributed by atoms with Crippen LogP contribution in [-0.4, -0.2) is 72.3 Å². The number of anilines is 1. The van der Waals surface area contributed by atoms with Crippen molar-refractivity contribution >= 4 is 22.6 Å². The fourth-order valence-corrected chi connectivity index (χ4v) is 5.50. The summed E-state index contributed by atoms with van der Waals surface area (Å²) in [7, 11) is 0. The van der Waals surface area contributed by atoms with Crippen LogP contribution in [0, 0.1) is 12.8 Å². The van der Waals surface area contributed by atoms with E-state index in [1.54, 1.807) is 23.7 Å². The molecule has 0 unspecified atom stereocenters. The topological polar surface area (TPSA) is 76.2 Å². The molecule has 0 amide bonds. The lowest BCUT2D eigenvalue weighted by Crippen LogP contribution is -2.50. The van der Waals surface area contributed by atoms with Gasteiger partial charge in [0.25, 0.3) is 6.43 Å². The number of aromatic nitrogens is 6. The quantitative estimate of drug-likeness (QED) is 0.409. The SMILES string of the molecule is Cc1nc2ccc(-c3ccn4nc(N[C@H]5CC[C@@H](CN6CC(F)C6)CC5)ncc34)nc2n1CC(F)F. The summed E-state index contributed by atoms with van der Waals surface area (Å²) in [6.45, 7) is 3.45. The molecule has 4 aromatic heterocycles. The van der Waals surface area contributed by atoms with Crippen LogP contribution >= 0.6 is 0 Å². The molecular weight excluding hydrogens is 469 g/mol. The third kappa shape index (κ3) is 4.52. The maximum absolute atomic E-state index is 13.1. The van der Waals surface area contributed by atoms with Crippen molar-refractivity contribution < 1.29 is 13.2 Å². The molecule has 11 heteroatoms. The highest BCUT2D eigenvalue weighted by Gasteiger charge is 2.30. The number of nitrogens with zero attached hydrogens (tertiary/aromatic N) is 7. The normalized spacial score (nSPS) is 21.5. The number of aryl methyl sites for hydroxylation is 1. The molecular formula is C25H29F3N8. The molecule has 0 radical (unpaired) electrons. The van der Waals surface area contributed by atoms with E-state index in [0.29, 0.717) is 53.7 Å². The average molecular weight is 499 g/mol. The van der Waals surface area contributed by atoms with Crippen molar-refractivity contribution in [2.75, 3.05) is 25.0 Å². The molecule has 0 bridgehead atoms. The molecule has 4 aromatic rings. The number of imidazole rings is 1. The summed E-state index contributed by atoms with van der Waals surface area (Å²) in [5.41, 5.74) is 3.30. The van der Waals surface area contributed by atoms with Crippen LogP contribution in [0.1, 0.15) is 31.5 Å². The fourth-order valence-electron chi connectivity index (χ4n) is 5.50. The van der Waals surface area contributed by atoms with E-state index >= 15 is 0 Å². The van der Waals surface area contributed by atoms with Crippen LogP contribution in [0.5, 0.6) is 0 Å². The molecule has 0 aromatic carbocycles. The third-order valence-electron chi connectivity index (χ3n) is 7.41. The Bertz CT molecular complexity index is 1370. The second-order valence-corrected chi connectivity index (χ2v) is 10.0. The lowest BCUT2D eigenvalue weighted by Gasteiger charge is -2.39. The number of halogens is 3. The van der Waals surface area contributed by atoms with Crippen LogP contribution in [0.3, 0.4) is 0 Å². The first-order valence-corrected chi connectivity index (χ1v) is 12.5. The second-order valence-electron chi connectivity index (χ2n) is 10.0. The Morgan fingerprint density at radius 1 is 1.08 bits per heavy atom. The maximum Gasteiger partial charge on any atom is 0.256 e. The van der Waals surface area contributed by atoms with Crippen molar-refractivity contribution in [1.82, 2.24) is 34.0 Å². The second kappa shape index (κ2) is 9.34. The Morgan fingerprint density at radius 2 is 1.89 bits per heavy atom. The van der Waals surface area contributed by atoms with Gasteiger partial charge >= 0.3 is 0 Å². The van der Waals surface area contributed by atoms with Crippen LogP contribution in [-0.2, 0) is 6.54 Å². The van der Waals surface area contributed by atoms with Gasteiger partial charge in [-0.05, 0) is 56.7 Å². The highest BCUT2D eigenvalue weighted by atomic mass is 19.3. The molecule has 1 saturated heterocycles. The zero-order valence-electron chi connectivity index (χ0n) is 20.1. The number of pyridine rings is 1. The van der Waals surface area contributed by atoms with Gasteiger partial charge in [-0.2, -0.15) is 0 Å². The Kier molecular flexibility index (Phi) is 6.02. The van der Waals surface area contributed by atoms with Gasteiger partial charge in [0.1, 0.15) is 17.5 Å². The van der Waals surface area contributed by atoms with Crippen LogP contribution in [0.4, 0.5) is 19.1 Å². The zero-order chi connectivity index (χ0) is 24.8. The van der Waals surface area contributed by atoms with Crippen molar-refractivity contribution in [3.8, 4) is 11.3 Å². The first kappa shape index (κ1) is 23.2. The fraction of sp³-hybridized carbons (Fsp3) is 0.520. The minimum atomic E-state index is -2.49. The molecule has 2 aliphatic rings. The summed E-state index contributed by atoms with van der Waals surface area (Å²) >= 11 is 0. The van der Waals surface area contributed by atoms with E-state index in [9.17, 15) is 13.2 Å². The molecule has 0 atom stereocenters. The van der Waals surface area contributed by atoms with E-state index in [0.717, 1.165) is 43.3 Å². The van der Waals surface area contributed by atoms with E-state index in [1.165, 1.54) is 4.57 Å². The number of likely N-dealkylation sites (tertiary alicyclic amines) is 1. The summed E-state index contributed by atoms with van der Waals surface area (Å²) in [6.07, 6.45) is 4.83. The Labute approximate surface area is 206 Å². The molecule has 36 heavy (non-hydrogen) atoms. The number of alkyl halides is 3. The van der Waals surface area contributed by atoms with Gasteiger partial charge in [0.05, 0.1) is 24.0 Å². The lowest BCUT2D eigenvalue weighted by atomic mass is 9.85. The number of hydrogen-bond donors (Lipinski definition) is 1. The van der Waals surface area contributed by atoms with Crippen LogP contribution in [0.25, 0.3) is 27.9 Å². The standard InChI is InChI=1S/C25H29F3N8/c1-15-30-21-7-6-20(32-24(21)35(15)14-23(27)28)19-8-9-36-22(19)10-29-25(33-36)31-18-4-2-16(3-5-18)11-34-12-17(26)13-34/h6-10,16-18,23H,2-5,11-14H2,1H3,(H,31,33)/t16-,18+. The van der Waals surface area contributed by atoms with Crippen molar-refractivity contribution in [2.45, 2.75) is 57.8 Å². The smallest absolute Gasteiger partial charge is 0.256 e. The predicted octanol–water partition coefficient (Wildman–Crippen LogP) is 4.34. The largest absolute Gasteiger partial charge is 0.350 e. The van der Waals surface area contributed by atoms with Gasteiger partial charge in [-0.15, -0.1) is 5.10 Å². The summed E-state index contributed by atoms with van der Waals surface area (Å²) in [4.78, 5) is 15.8. The maximum atomic E-state index is 13.1. The number of nitrogens with one attached hydrogen (secondary N) is 1. The van der Waals surface area contributed by atoms with E-state index in [2.05, 4.69) is 30.3 Å². The van der Waals surface area contributed by atoms with Gasteiger partial charge in [-0.3, -0.25) is 4.90 Å². The minimum absolute atomic E-state index is 0.321. The van der Waals surface area contributed by atoms with Crippen LogP contribution < -0.4 is 5.32 Å². The van der Waals surface area contributed by atoms with Gasteiger partial charge in [-0.1, -0.05) is 0 Å². The van der Waals surface area contributed by atoms with Crippen molar-refractivity contribution in [1.29, 1.82) is 0 Å². The monoisotopic (exact) mass is 498 g/mol. The van der Waals surface area contributed by atoms with E-state index in [-0.39, 0.29) is 0 Å². The highest BCUT2D eigenvalue weighted by molar-refractivity contribution is 5.82. The van der Waals surface area contributed by atoms with E-state index in [4.69, 9.17) is 0 Å². The molecule has 1 N–H and O–H groups in total. The van der Waals surface area contributed by atoms with Gasteiger partial charge < -0.3 is 9.88 Å². The molecule has 2 fully saturated rings. The Morgan fingerprint density at radius 3 is 2.64 bits per heavy atom. The molecule has 6 rings (SSSR count). The van der Waals surface area contributed by atoms with E-state index in [1.807, 2.05) is 18.3 Å². The summed E-state index contributed by atoms with van der Waals surface area (Å²) in [5, 5.41) is 8.11. The van der Waals surface area contributed by atoms with Crippen molar-refractivity contribution in [3.63, 3.8) is 0 Å². The molecule has 1 aliphatic carbocycles. The first-order valence-electron chi connectivity index (χ1n) is 12.5. The molecule has 8 nitrogen and oxygen atoms in total. The summed E-state index contributed by atoms with van der Waals surface area (Å²) in [5.74, 6) is 1.72. The number of hydrogen-bond acceptors (Lipinski definition) is 6. The van der Waals surface area contributed by atoms with Crippen LogP contribution in [0.15, 0.2) is 30.6 Å². The number of fused-ring (bicyclic) bond motifs is 2. The summed E-state index contributed by atoms with van der Waals surface area (Å²) < 4.78 is 42.4. The highest BCUT2D eigenvalue weighted by Crippen LogP contribution is 2.29. The third-order valence-corrected chi connectivity index (χ3v) is 7.41. The van der Waals surface area contributed by atoms with Gasteiger partial charge in [0.2, 0.25) is 5.95 Å².